The van der Waals surface area contributed by atoms with E-state index in [-0.39, 0.29) is 24.1 Å². The molecule has 0 aromatic carbocycles. The molecule has 5 heteroatoms. The fourth-order valence-corrected chi connectivity index (χ4v) is 2.70. The van der Waals surface area contributed by atoms with Crippen molar-refractivity contribution in [3.05, 3.63) is 0 Å². The Kier molecular flexibility index (Phi) is 4.08. The highest BCUT2D eigenvalue weighted by Gasteiger charge is 2.54. The molecule has 1 heterocycles. The molecule has 4 atom stereocenters. The topological polar surface area (TPSA) is 65.1 Å². The molecule has 1 saturated carbocycles. The zero-order valence-corrected chi connectivity index (χ0v) is 13.8. The lowest BCUT2D eigenvalue weighted by molar-refractivity contribution is -0.174. The van der Waals surface area contributed by atoms with Gasteiger partial charge in [-0.1, -0.05) is 0 Å². The van der Waals surface area contributed by atoms with Crippen molar-refractivity contribution < 1.29 is 23.8 Å². The van der Waals surface area contributed by atoms with Gasteiger partial charge in [0.1, 0.15) is 11.2 Å². The summed E-state index contributed by atoms with van der Waals surface area (Å²) < 4.78 is 16.4. The molecule has 0 aromatic heterocycles. The Morgan fingerprint density at radius 3 is 1.43 bits per heavy atom. The molecule has 1 aliphatic heterocycles. The summed E-state index contributed by atoms with van der Waals surface area (Å²) in [6.07, 6.45) is 1.29. The first kappa shape index (κ1) is 16.3. The van der Waals surface area contributed by atoms with Crippen molar-refractivity contribution in [1.82, 2.24) is 0 Å². The zero-order chi connectivity index (χ0) is 16.0. The molecule has 2 rings (SSSR count). The SMILES string of the molecule is CC(C)(C)OC(=O)[C@H]1C[C@H]2O[C@@H]2C[C@@H]1C(=O)OC(C)(C)C. The predicted molar refractivity (Wildman–Crippen MR) is 76.6 cm³/mol. The van der Waals surface area contributed by atoms with Crippen molar-refractivity contribution in [2.24, 2.45) is 11.8 Å². The van der Waals surface area contributed by atoms with Gasteiger partial charge >= 0.3 is 11.9 Å². The largest absolute Gasteiger partial charge is 0.460 e. The Balaban J connectivity index is 2.08. The third-order valence-corrected chi connectivity index (χ3v) is 3.56. The Morgan fingerprint density at radius 1 is 0.810 bits per heavy atom. The molecule has 5 nitrogen and oxygen atoms in total. The van der Waals surface area contributed by atoms with Crippen LogP contribution in [0.15, 0.2) is 0 Å². The number of fused-ring (bicyclic) bond motifs is 1. The van der Waals surface area contributed by atoms with Gasteiger partial charge in [-0.3, -0.25) is 9.59 Å². The van der Waals surface area contributed by atoms with Gasteiger partial charge in [0, 0.05) is 0 Å². The molecule has 0 spiro atoms. The number of carbonyl (C=O) groups is 2. The number of esters is 2. The van der Waals surface area contributed by atoms with Crippen molar-refractivity contribution in [2.45, 2.75) is 77.8 Å². The quantitative estimate of drug-likeness (QED) is 0.579. The highest BCUT2D eigenvalue weighted by Crippen LogP contribution is 2.44. The molecular weight excluding hydrogens is 272 g/mol. The molecule has 2 aliphatic rings. The second-order valence-electron chi connectivity index (χ2n) is 7.96. The highest BCUT2D eigenvalue weighted by molar-refractivity contribution is 5.83. The van der Waals surface area contributed by atoms with Gasteiger partial charge in [0.2, 0.25) is 0 Å². The second kappa shape index (κ2) is 5.27. The van der Waals surface area contributed by atoms with Crippen LogP contribution in [0.4, 0.5) is 0 Å². The predicted octanol–water partition coefficient (Wildman–Crippen LogP) is 2.46. The second-order valence-corrected chi connectivity index (χ2v) is 7.96. The Hall–Kier alpha value is -1.10. The number of hydrogen-bond acceptors (Lipinski definition) is 5. The van der Waals surface area contributed by atoms with E-state index >= 15 is 0 Å². The van der Waals surface area contributed by atoms with E-state index in [1.807, 2.05) is 41.5 Å². The van der Waals surface area contributed by atoms with Crippen LogP contribution in [-0.2, 0) is 23.8 Å². The van der Waals surface area contributed by atoms with E-state index in [0.29, 0.717) is 12.8 Å². The minimum absolute atomic E-state index is 0.0983. The van der Waals surface area contributed by atoms with Crippen LogP contribution in [0.25, 0.3) is 0 Å². The van der Waals surface area contributed by atoms with E-state index in [4.69, 9.17) is 14.2 Å². The van der Waals surface area contributed by atoms with Gasteiger partial charge in [0.15, 0.2) is 0 Å². The van der Waals surface area contributed by atoms with Gasteiger partial charge in [-0.25, -0.2) is 0 Å². The number of epoxide rings is 1. The molecule has 0 bridgehead atoms. The van der Waals surface area contributed by atoms with Gasteiger partial charge in [-0.05, 0) is 54.4 Å². The van der Waals surface area contributed by atoms with Crippen LogP contribution in [0.2, 0.25) is 0 Å². The van der Waals surface area contributed by atoms with Crippen molar-refractivity contribution >= 4 is 11.9 Å². The van der Waals surface area contributed by atoms with E-state index in [1.54, 1.807) is 0 Å². The summed E-state index contributed by atoms with van der Waals surface area (Å²) in [6, 6.07) is 0. The summed E-state index contributed by atoms with van der Waals surface area (Å²) in [5.41, 5.74) is -1.12. The normalized spacial score (nSPS) is 32.1. The Bertz CT molecular complexity index is 389. The molecule has 0 radical (unpaired) electrons. The Morgan fingerprint density at radius 2 is 1.14 bits per heavy atom. The summed E-state index contributed by atoms with van der Waals surface area (Å²) in [5, 5.41) is 0. The lowest BCUT2D eigenvalue weighted by Gasteiger charge is -2.31. The summed E-state index contributed by atoms with van der Waals surface area (Å²) in [4.78, 5) is 24.7. The minimum atomic E-state index is -0.559. The molecule has 0 unspecified atom stereocenters. The maximum Gasteiger partial charge on any atom is 0.310 e. The van der Waals surface area contributed by atoms with Crippen LogP contribution in [0.1, 0.15) is 54.4 Å². The summed E-state index contributed by atoms with van der Waals surface area (Å²) in [6.45, 7) is 11.0. The number of rotatable bonds is 2. The molecule has 1 aliphatic carbocycles. The number of ether oxygens (including phenoxy) is 3. The van der Waals surface area contributed by atoms with E-state index < -0.39 is 23.0 Å². The van der Waals surface area contributed by atoms with E-state index in [0.717, 1.165) is 0 Å². The monoisotopic (exact) mass is 298 g/mol. The zero-order valence-electron chi connectivity index (χ0n) is 13.8. The highest BCUT2D eigenvalue weighted by atomic mass is 16.6. The maximum atomic E-state index is 12.4. The third kappa shape index (κ3) is 4.43. The molecule has 21 heavy (non-hydrogen) atoms. The first-order valence-electron chi connectivity index (χ1n) is 7.57. The van der Waals surface area contributed by atoms with Crippen molar-refractivity contribution in [2.75, 3.05) is 0 Å². The van der Waals surface area contributed by atoms with Crippen LogP contribution < -0.4 is 0 Å². The standard InChI is InChI=1S/C16H26O5/c1-15(2,3)20-13(17)9-7-11-12(19-11)8-10(9)14(18)21-16(4,5)6/h9-12H,7-8H2,1-6H3/t9-,10-,11+,12+/m0/s1. The maximum absolute atomic E-state index is 12.4. The molecule has 0 aromatic rings. The molecule has 0 amide bonds. The minimum Gasteiger partial charge on any atom is -0.460 e. The van der Waals surface area contributed by atoms with Crippen LogP contribution in [0.3, 0.4) is 0 Å². The third-order valence-electron chi connectivity index (χ3n) is 3.56. The Labute approximate surface area is 126 Å². The van der Waals surface area contributed by atoms with Crippen molar-refractivity contribution in [3.63, 3.8) is 0 Å². The lowest BCUT2D eigenvalue weighted by atomic mass is 9.79. The van der Waals surface area contributed by atoms with Gasteiger partial charge in [0.25, 0.3) is 0 Å². The number of carbonyl (C=O) groups excluding carboxylic acids is 2. The van der Waals surface area contributed by atoms with Crippen molar-refractivity contribution in [3.8, 4) is 0 Å². The van der Waals surface area contributed by atoms with Gasteiger partial charge in [-0.2, -0.15) is 0 Å². The smallest absolute Gasteiger partial charge is 0.310 e. The van der Waals surface area contributed by atoms with Gasteiger partial charge in [-0.15, -0.1) is 0 Å². The fraction of sp³-hybridized carbons (Fsp3) is 0.875. The average molecular weight is 298 g/mol. The summed E-state index contributed by atoms with van der Waals surface area (Å²) in [7, 11) is 0. The number of hydrogen-bond donors (Lipinski definition) is 0. The van der Waals surface area contributed by atoms with Gasteiger partial charge < -0.3 is 14.2 Å². The summed E-state index contributed by atoms with van der Waals surface area (Å²) in [5.74, 6) is -1.59. The van der Waals surface area contributed by atoms with Crippen molar-refractivity contribution in [1.29, 1.82) is 0 Å². The van der Waals surface area contributed by atoms with E-state index in [9.17, 15) is 9.59 Å². The first-order chi connectivity index (χ1) is 9.46. The van der Waals surface area contributed by atoms with Crippen LogP contribution in [-0.4, -0.2) is 35.3 Å². The van der Waals surface area contributed by atoms with E-state index in [2.05, 4.69) is 0 Å². The lowest BCUT2D eigenvalue weighted by Crippen LogP contribution is -2.41. The first-order valence-corrected chi connectivity index (χ1v) is 7.57. The average Bonchev–Trinajstić information content (AvgIpc) is 3.00. The molecule has 120 valence electrons. The van der Waals surface area contributed by atoms with E-state index in [1.165, 1.54) is 0 Å². The van der Waals surface area contributed by atoms with Crippen LogP contribution in [0.5, 0.6) is 0 Å². The molecule has 1 saturated heterocycles. The van der Waals surface area contributed by atoms with Crippen LogP contribution in [0, 0.1) is 11.8 Å². The molecule has 2 fully saturated rings. The molecular formula is C16H26O5. The van der Waals surface area contributed by atoms with Gasteiger partial charge in [0.05, 0.1) is 24.0 Å². The molecule has 0 N–H and O–H groups in total. The van der Waals surface area contributed by atoms with Crippen LogP contribution >= 0.6 is 0 Å². The fourth-order valence-electron chi connectivity index (χ4n) is 2.70. The summed E-state index contributed by atoms with van der Waals surface area (Å²) >= 11 is 0.